The molecule has 0 aliphatic rings. The van der Waals surface area contributed by atoms with Gasteiger partial charge in [0.1, 0.15) is 23.1 Å². The first-order valence-corrected chi connectivity index (χ1v) is 8.47. The lowest BCUT2D eigenvalue weighted by Crippen LogP contribution is -2.30. The molecule has 30 heavy (non-hydrogen) atoms. The Bertz CT molecular complexity index is 960. The first-order valence-electron chi connectivity index (χ1n) is 8.47. The van der Waals surface area contributed by atoms with E-state index in [0.717, 1.165) is 36.5 Å². The van der Waals surface area contributed by atoms with Crippen molar-refractivity contribution in [2.45, 2.75) is 25.6 Å². The van der Waals surface area contributed by atoms with Gasteiger partial charge in [0.25, 0.3) is 5.92 Å². The fourth-order valence-corrected chi connectivity index (χ4v) is 2.45. The van der Waals surface area contributed by atoms with Crippen LogP contribution in [-0.4, -0.2) is 18.0 Å². The Morgan fingerprint density at radius 3 is 2.20 bits per heavy atom. The summed E-state index contributed by atoms with van der Waals surface area (Å²) >= 11 is 0. The van der Waals surface area contributed by atoms with E-state index in [4.69, 9.17) is 0 Å². The van der Waals surface area contributed by atoms with Crippen LogP contribution in [0.1, 0.15) is 18.1 Å². The van der Waals surface area contributed by atoms with Crippen LogP contribution in [0.2, 0.25) is 0 Å². The summed E-state index contributed by atoms with van der Waals surface area (Å²) in [5, 5.41) is 0. The number of rotatable bonds is 7. The summed E-state index contributed by atoms with van der Waals surface area (Å²) in [6.45, 7) is 4.80. The zero-order valence-corrected chi connectivity index (χ0v) is 15.6. The molecule has 9 heteroatoms. The molecule has 0 N–H and O–H groups in total. The highest BCUT2D eigenvalue weighted by molar-refractivity contribution is 6.01. The van der Waals surface area contributed by atoms with Gasteiger partial charge in [-0.05, 0) is 47.9 Å². The average Bonchev–Trinajstić information content (AvgIpc) is 2.63. The molecule has 0 amide bonds. The fraction of sp³-hybridized carbons (Fsp3) is 0.190. The van der Waals surface area contributed by atoms with Crippen LogP contribution < -0.4 is 4.74 Å². The minimum absolute atomic E-state index is 0.372. The number of ether oxygens (including phenoxy) is 1. The van der Waals surface area contributed by atoms with Gasteiger partial charge in [0.15, 0.2) is 0 Å². The van der Waals surface area contributed by atoms with Gasteiger partial charge in [0.05, 0.1) is 0 Å². The highest BCUT2D eigenvalue weighted by Crippen LogP contribution is 2.27. The van der Waals surface area contributed by atoms with Gasteiger partial charge in [-0.25, -0.2) is 8.78 Å². The maximum absolute atomic E-state index is 14.5. The van der Waals surface area contributed by atoms with E-state index in [1.54, 1.807) is 0 Å². The second kappa shape index (κ2) is 9.15. The number of hydrogen-bond donors (Lipinski definition) is 0. The number of halogens is 7. The molecule has 0 atom stereocenters. The van der Waals surface area contributed by atoms with E-state index >= 15 is 0 Å². The van der Waals surface area contributed by atoms with Crippen molar-refractivity contribution >= 4 is 11.3 Å². The van der Waals surface area contributed by atoms with E-state index in [9.17, 15) is 30.7 Å². The Balaban J connectivity index is 2.21. The molecule has 2 aromatic carbocycles. The van der Waals surface area contributed by atoms with Crippen molar-refractivity contribution in [1.29, 1.82) is 0 Å². The highest BCUT2D eigenvalue weighted by Gasteiger charge is 2.35. The van der Waals surface area contributed by atoms with Crippen molar-refractivity contribution in [2.75, 3.05) is 0 Å². The van der Waals surface area contributed by atoms with E-state index in [1.807, 2.05) is 0 Å². The Morgan fingerprint density at radius 1 is 1.03 bits per heavy atom. The van der Waals surface area contributed by atoms with Gasteiger partial charge >= 0.3 is 6.36 Å². The second-order valence-corrected chi connectivity index (χ2v) is 6.22. The minimum atomic E-state index is -4.83. The molecule has 2 nitrogen and oxygen atoms in total. The minimum Gasteiger partial charge on any atom is -0.406 e. The second-order valence-electron chi connectivity index (χ2n) is 6.22. The average molecular weight is 431 g/mol. The largest absolute Gasteiger partial charge is 0.573 e. The molecular weight excluding hydrogens is 415 g/mol. The van der Waals surface area contributed by atoms with Crippen LogP contribution in [0, 0.1) is 11.6 Å². The molecule has 0 aromatic heterocycles. The van der Waals surface area contributed by atoms with Crippen LogP contribution in [0.4, 0.5) is 30.7 Å². The van der Waals surface area contributed by atoms with Gasteiger partial charge in [-0.2, -0.15) is 8.78 Å². The molecule has 0 unspecified atom stereocenters. The first-order chi connectivity index (χ1) is 13.9. The van der Waals surface area contributed by atoms with E-state index in [1.165, 1.54) is 19.1 Å². The number of nitrogens with zero attached hydrogens (tertiary/aromatic N) is 1. The zero-order valence-electron chi connectivity index (χ0n) is 15.6. The lowest BCUT2D eigenvalue weighted by atomic mass is 10.0. The van der Waals surface area contributed by atoms with Crippen molar-refractivity contribution in [1.82, 2.24) is 0 Å². The van der Waals surface area contributed by atoms with Crippen molar-refractivity contribution in [3.8, 4) is 5.75 Å². The fourth-order valence-electron chi connectivity index (χ4n) is 2.45. The molecule has 2 aromatic rings. The van der Waals surface area contributed by atoms with Gasteiger partial charge in [0.2, 0.25) is 0 Å². The topological polar surface area (TPSA) is 21.6 Å². The van der Waals surface area contributed by atoms with Crippen molar-refractivity contribution in [3.05, 3.63) is 84.1 Å². The van der Waals surface area contributed by atoms with Crippen molar-refractivity contribution in [3.63, 3.8) is 0 Å². The van der Waals surface area contributed by atoms with Crippen LogP contribution >= 0.6 is 0 Å². The Labute approximate surface area is 168 Å². The molecule has 160 valence electrons. The van der Waals surface area contributed by atoms with E-state index < -0.39 is 47.4 Å². The molecule has 0 saturated heterocycles. The van der Waals surface area contributed by atoms with Crippen LogP contribution in [0.3, 0.4) is 0 Å². The van der Waals surface area contributed by atoms with Gasteiger partial charge in [-0.15, -0.1) is 13.2 Å². The van der Waals surface area contributed by atoms with Gasteiger partial charge in [0, 0.05) is 18.7 Å². The third kappa shape index (κ3) is 6.47. The molecule has 0 bridgehead atoms. The zero-order chi connectivity index (χ0) is 22.5. The Hall–Kier alpha value is -3.10. The molecule has 0 spiro atoms. The van der Waals surface area contributed by atoms with Crippen LogP contribution in [0.25, 0.3) is 5.57 Å². The van der Waals surface area contributed by atoms with Crippen molar-refractivity contribution < 1.29 is 35.5 Å². The monoisotopic (exact) mass is 431 g/mol. The smallest absolute Gasteiger partial charge is 0.406 e. The molecule has 0 aliphatic heterocycles. The van der Waals surface area contributed by atoms with E-state index in [-0.39, 0.29) is 0 Å². The molecule has 0 aliphatic carbocycles. The molecule has 0 fully saturated rings. The molecule has 0 saturated carbocycles. The summed E-state index contributed by atoms with van der Waals surface area (Å²) in [4.78, 5) is 3.69. The summed E-state index contributed by atoms with van der Waals surface area (Å²) in [6.07, 6.45) is -3.98. The van der Waals surface area contributed by atoms with Crippen LogP contribution in [0.15, 0.2) is 66.3 Å². The van der Waals surface area contributed by atoms with Crippen LogP contribution in [-0.2, 0) is 6.42 Å². The third-order valence-corrected chi connectivity index (χ3v) is 3.94. The van der Waals surface area contributed by atoms with Crippen LogP contribution in [0.5, 0.6) is 5.75 Å². The number of alkyl halides is 5. The first kappa shape index (κ1) is 23.2. The lowest BCUT2D eigenvalue weighted by Gasteiger charge is -2.17. The van der Waals surface area contributed by atoms with E-state index in [0.29, 0.717) is 17.2 Å². The predicted molar refractivity (Wildman–Crippen MR) is 99.4 cm³/mol. The normalized spacial score (nSPS) is 13.3. The third-order valence-electron chi connectivity index (χ3n) is 3.94. The van der Waals surface area contributed by atoms with Gasteiger partial charge in [-0.3, -0.25) is 4.99 Å². The Morgan fingerprint density at radius 2 is 1.67 bits per heavy atom. The summed E-state index contributed by atoms with van der Waals surface area (Å²) < 4.78 is 96.0. The standard InChI is InChI=1S/C21H16F7NO/c1-3-19(20(24,25)11-15-4-7-16(22)10-18(15)23)29-12-13(2)14-5-8-17(9-6-14)30-21(26,27)28/h3-10,12H,1,11H2,2H3/b13-12+,29-19?. The molecule has 0 radical (unpaired) electrons. The Kier molecular flexibility index (Phi) is 7.07. The number of allylic oxidation sites excluding steroid dienone is 2. The number of benzene rings is 2. The lowest BCUT2D eigenvalue weighted by molar-refractivity contribution is -0.274. The number of aliphatic imine (C=N–C) groups is 1. The van der Waals surface area contributed by atoms with Crippen molar-refractivity contribution in [2.24, 2.45) is 4.99 Å². The maximum atomic E-state index is 14.5. The van der Waals surface area contributed by atoms with Gasteiger partial charge < -0.3 is 4.74 Å². The highest BCUT2D eigenvalue weighted by atomic mass is 19.4. The molecule has 0 heterocycles. The van der Waals surface area contributed by atoms with E-state index in [2.05, 4.69) is 16.3 Å². The summed E-state index contributed by atoms with van der Waals surface area (Å²) in [7, 11) is 0. The van der Waals surface area contributed by atoms with Gasteiger partial charge in [-0.1, -0.05) is 24.8 Å². The predicted octanol–water partition coefficient (Wildman–Crippen LogP) is 6.73. The summed E-state index contributed by atoms with van der Waals surface area (Å²) in [5.74, 6) is -6.02. The maximum Gasteiger partial charge on any atom is 0.573 e. The summed E-state index contributed by atoms with van der Waals surface area (Å²) in [5.41, 5.74) is -0.347. The number of hydrogen-bond acceptors (Lipinski definition) is 2. The quantitative estimate of drug-likeness (QED) is 0.352. The molecular formula is C21H16F7NO. The SMILES string of the molecule is C=CC(=N/C=C(\C)c1ccc(OC(F)(F)F)cc1)C(F)(F)Cc1ccc(F)cc1F. The molecule has 2 rings (SSSR count). The summed E-state index contributed by atoms with van der Waals surface area (Å²) in [6, 6.07) is 7.06.